The minimum absolute atomic E-state index is 0.0556. The zero-order valence-electron chi connectivity index (χ0n) is 6.96. The number of hydrogen-bond donors (Lipinski definition) is 0. The molecule has 2 heteroatoms. The smallest absolute Gasteiger partial charge is 0.160 e. The molecule has 0 aromatic heterocycles. The Morgan fingerprint density at radius 1 is 1.50 bits per heavy atom. The van der Waals surface area contributed by atoms with E-state index < -0.39 is 0 Å². The highest BCUT2D eigenvalue weighted by molar-refractivity contribution is 4.71. The number of rotatable bonds is 2. The summed E-state index contributed by atoms with van der Waals surface area (Å²) in [7, 11) is 1.71. The van der Waals surface area contributed by atoms with Crippen LogP contribution in [0.3, 0.4) is 0 Å². The summed E-state index contributed by atoms with van der Waals surface area (Å²) < 4.78 is 10.5. The van der Waals surface area contributed by atoms with Gasteiger partial charge in [0.1, 0.15) is 0 Å². The van der Waals surface area contributed by atoms with Crippen molar-refractivity contribution in [3.8, 4) is 0 Å². The largest absolute Gasteiger partial charge is 0.356 e. The van der Waals surface area contributed by atoms with Crippen LogP contribution in [0.4, 0.5) is 0 Å². The van der Waals surface area contributed by atoms with E-state index in [1.807, 2.05) is 0 Å². The quantitative estimate of drug-likeness (QED) is 0.586. The lowest BCUT2D eigenvalue weighted by Gasteiger charge is -2.19. The molecule has 1 aliphatic heterocycles. The molecule has 1 unspecified atom stereocenters. The Labute approximate surface area is 62.5 Å². The molecular weight excluding hydrogens is 128 g/mol. The van der Waals surface area contributed by atoms with Gasteiger partial charge in [0.15, 0.2) is 6.29 Å². The monoisotopic (exact) mass is 144 g/mol. The second-order valence-electron chi connectivity index (χ2n) is 3.17. The highest BCUT2D eigenvalue weighted by atomic mass is 16.7. The molecule has 1 fully saturated rings. The van der Waals surface area contributed by atoms with Crippen molar-refractivity contribution < 1.29 is 9.47 Å². The first-order valence-electron chi connectivity index (χ1n) is 3.90. The van der Waals surface area contributed by atoms with Gasteiger partial charge in [0.25, 0.3) is 0 Å². The summed E-state index contributed by atoms with van der Waals surface area (Å²) in [4.78, 5) is 0. The van der Waals surface area contributed by atoms with Crippen molar-refractivity contribution in [3.05, 3.63) is 0 Å². The van der Waals surface area contributed by atoms with E-state index in [4.69, 9.17) is 9.47 Å². The maximum Gasteiger partial charge on any atom is 0.160 e. The average molecular weight is 144 g/mol. The first kappa shape index (κ1) is 8.02. The lowest BCUT2D eigenvalue weighted by Crippen LogP contribution is -2.22. The van der Waals surface area contributed by atoms with Gasteiger partial charge < -0.3 is 9.47 Å². The maximum absolute atomic E-state index is 5.35. The molecule has 10 heavy (non-hydrogen) atoms. The Morgan fingerprint density at radius 3 is 2.60 bits per heavy atom. The summed E-state index contributed by atoms with van der Waals surface area (Å²) in [5.74, 6) is 1.28. The van der Waals surface area contributed by atoms with Gasteiger partial charge in [0.05, 0.1) is 6.61 Å². The fraction of sp³-hybridized carbons (Fsp3) is 1.00. The van der Waals surface area contributed by atoms with Crippen LogP contribution < -0.4 is 0 Å². The molecule has 0 radical (unpaired) electrons. The third-order valence-corrected chi connectivity index (χ3v) is 2.17. The summed E-state index contributed by atoms with van der Waals surface area (Å²) in [6.45, 7) is 5.29. The van der Waals surface area contributed by atoms with E-state index >= 15 is 0 Å². The lowest BCUT2D eigenvalue weighted by atomic mass is 9.94. The molecule has 0 bridgehead atoms. The fourth-order valence-corrected chi connectivity index (χ4v) is 1.47. The van der Waals surface area contributed by atoms with Gasteiger partial charge >= 0.3 is 0 Å². The van der Waals surface area contributed by atoms with Gasteiger partial charge in [0.2, 0.25) is 0 Å². The van der Waals surface area contributed by atoms with E-state index in [0.29, 0.717) is 11.8 Å². The Balaban J connectivity index is 2.42. The molecule has 0 amide bonds. The van der Waals surface area contributed by atoms with Crippen molar-refractivity contribution in [2.45, 2.75) is 26.6 Å². The van der Waals surface area contributed by atoms with Gasteiger partial charge in [-0.3, -0.25) is 0 Å². The van der Waals surface area contributed by atoms with Gasteiger partial charge in [-0.15, -0.1) is 0 Å². The van der Waals surface area contributed by atoms with Crippen molar-refractivity contribution in [2.75, 3.05) is 13.7 Å². The van der Waals surface area contributed by atoms with E-state index in [0.717, 1.165) is 13.0 Å². The Bertz CT molecular complexity index is 101. The molecule has 0 saturated carbocycles. The normalized spacial score (nSPS) is 33.6. The summed E-state index contributed by atoms with van der Waals surface area (Å²) in [5.41, 5.74) is 0. The zero-order valence-corrected chi connectivity index (χ0v) is 6.96. The summed E-state index contributed by atoms with van der Waals surface area (Å²) >= 11 is 0. The number of ether oxygens (including phenoxy) is 2. The first-order valence-corrected chi connectivity index (χ1v) is 3.90. The van der Waals surface area contributed by atoms with Crippen LogP contribution >= 0.6 is 0 Å². The molecule has 2 nitrogen and oxygen atoms in total. The van der Waals surface area contributed by atoms with E-state index in [2.05, 4.69) is 13.8 Å². The average Bonchev–Trinajstić information content (AvgIpc) is 2.33. The van der Waals surface area contributed by atoms with Crippen LogP contribution in [0.2, 0.25) is 0 Å². The minimum Gasteiger partial charge on any atom is -0.356 e. The highest BCUT2D eigenvalue weighted by Crippen LogP contribution is 2.27. The van der Waals surface area contributed by atoms with E-state index in [1.54, 1.807) is 7.11 Å². The predicted octanol–water partition coefficient (Wildman–Crippen LogP) is 1.65. The van der Waals surface area contributed by atoms with Crippen LogP contribution in [0.25, 0.3) is 0 Å². The number of hydrogen-bond acceptors (Lipinski definition) is 2. The van der Waals surface area contributed by atoms with Crippen LogP contribution in [0, 0.1) is 11.8 Å². The van der Waals surface area contributed by atoms with Crippen LogP contribution in [-0.2, 0) is 9.47 Å². The van der Waals surface area contributed by atoms with Gasteiger partial charge in [-0.05, 0) is 12.3 Å². The van der Waals surface area contributed by atoms with Gasteiger partial charge in [-0.25, -0.2) is 0 Å². The van der Waals surface area contributed by atoms with Crippen molar-refractivity contribution in [1.29, 1.82) is 0 Å². The number of methoxy groups -OCH3 is 1. The molecule has 2 atom stereocenters. The molecule has 0 N–H and O–H groups in total. The maximum atomic E-state index is 5.35. The molecule has 1 rings (SSSR count). The van der Waals surface area contributed by atoms with Crippen molar-refractivity contribution in [3.63, 3.8) is 0 Å². The molecule has 0 aromatic rings. The molecule has 1 aliphatic rings. The van der Waals surface area contributed by atoms with Crippen LogP contribution in [0.5, 0.6) is 0 Å². The van der Waals surface area contributed by atoms with Crippen LogP contribution in [0.1, 0.15) is 20.3 Å². The Hall–Kier alpha value is -0.0800. The summed E-state index contributed by atoms with van der Waals surface area (Å²) in [5, 5.41) is 0. The second-order valence-corrected chi connectivity index (χ2v) is 3.17. The van der Waals surface area contributed by atoms with E-state index in [1.165, 1.54) is 0 Å². The van der Waals surface area contributed by atoms with Crippen molar-refractivity contribution in [2.24, 2.45) is 11.8 Å². The van der Waals surface area contributed by atoms with Gasteiger partial charge in [-0.2, -0.15) is 0 Å². The third kappa shape index (κ3) is 1.50. The van der Waals surface area contributed by atoms with E-state index in [-0.39, 0.29) is 6.29 Å². The van der Waals surface area contributed by atoms with Crippen molar-refractivity contribution in [1.82, 2.24) is 0 Å². The topological polar surface area (TPSA) is 18.5 Å². The van der Waals surface area contributed by atoms with E-state index in [9.17, 15) is 0 Å². The van der Waals surface area contributed by atoms with Crippen LogP contribution in [0.15, 0.2) is 0 Å². The van der Waals surface area contributed by atoms with Crippen LogP contribution in [-0.4, -0.2) is 20.0 Å². The minimum atomic E-state index is 0.0556. The second kappa shape index (κ2) is 3.35. The van der Waals surface area contributed by atoms with Crippen molar-refractivity contribution >= 4 is 0 Å². The third-order valence-electron chi connectivity index (χ3n) is 2.17. The van der Waals surface area contributed by atoms with Gasteiger partial charge in [-0.1, -0.05) is 13.8 Å². The summed E-state index contributed by atoms with van der Waals surface area (Å²) in [6, 6.07) is 0. The highest BCUT2D eigenvalue weighted by Gasteiger charge is 2.30. The van der Waals surface area contributed by atoms with Gasteiger partial charge in [0, 0.05) is 13.0 Å². The lowest BCUT2D eigenvalue weighted by molar-refractivity contribution is -0.117. The Kier molecular flexibility index (Phi) is 2.69. The SMILES string of the molecule is COC1OCC[C@H]1C(C)C. The molecule has 60 valence electrons. The molecule has 1 saturated heterocycles. The molecule has 0 aromatic carbocycles. The Morgan fingerprint density at radius 2 is 2.20 bits per heavy atom. The fourth-order valence-electron chi connectivity index (χ4n) is 1.47. The molecule has 1 heterocycles. The standard InChI is InChI=1S/C8H16O2/c1-6(2)7-4-5-10-8(7)9-3/h6-8H,4-5H2,1-3H3/t7-,8?/m0/s1. The molecular formula is C8H16O2. The molecule has 0 aliphatic carbocycles. The predicted molar refractivity (Wildman–Crippen MR) is 39.7 cm³/mol. The first-order chi connectivity index (χ1) is 4.75. The zero-order chi connectivity index (χ0) is 7.56. The molecule has 0 spiro atoms. The summed E-state index contributed by atoms with van der Waals surface area (Å²) in [6.07, 6.45) is 1.20.